The maximum Gasteiger partial charge on any atom is 0.275 e. The van der Waals surface area contributed by atoms with Gasteiger partial charge in [-0.1, -0.05) is 12.1 Å². The Labute approximate surface area is 173 Å². The van der Waals surface area contributed by atoms with Crippen molar-refractivity contribution >= 4 is 40.0 Å². The molecule has 3 N–H and O–H groups in total. The number of aryl methyl sites for hydroxylation is 1. The Hall–Kier alpha value is -4.07. The fourth-order valence-electron chi connectivity index (χ4n) is 2.95. The highest BCUT2D eigenvalue weighted by molar-refractivity contribution is 6.03. The Balaban J connectivity index is 1.45. The lowest BCUT2D eigenvalue weighted by Crippen LogP contribution is -2.14. The molecular weight excluding hydrogens is 378 g/mol. The molecule has 0 aliphatic rings. The molecular formula is C22H21N7O. The van der Waals surface area contributed by atoms with Crippen LogP contribution in [0.25, 0.3) is 11.0 Å². The van der Waals surface area contributed by atoms with Gasteiger partial charge in [-0.05, 0) is 50.2 Å². The quantitative estimate of drug-likeness (QED) is 0.447. The Kier molecular flexibility index (Phi) is 5.47. The number of hydrogen-bond acceptors (Lipinski definition) is 7. The van der Waals surface area contributed by atoms with Gasteiger partial charge >= 0.3 is 0 Å². The summed E-state index contributed by atoms with van der Waals surface area (Å²) in [6.45, 7) is 4.65. The molecule has 30 heavy (non-hydrogen) atoms. The third-order valence-electron chi connectivity index (χ3n) is 4.29. The number of hydrogen-bond donors (Lipinski definition) is 3. The van der Waals surface area contributed by atoms with E-state index in [0.717, 1.165) is 23.6 Å². The summed E-state index contributed by atoms with van der Waals surface area (Å²) < 4.78 is 0. The van der Waals surface area contributed by atoms with E-state index in [1.165, 1.54) is 6.20 Å². The second-order valence-corrected chi connectivity index (χ2v) is 6.62. The van der Waals surface area contributed by atoms with E-state index in [-0.39, 0.29) is 11.6 Å². The average molecular weight is 399 g/mol. The van der Waals surface area contributed by atoms with Gasteiger partial charge in [-0.25, -0.2) is 15.0 Å². The molecule has 0 unspecified atom stereocenters. The van der Waals surface area contributed by atoms with Gasteiger partial charge in [0.05, 0.1) is 17.2 Å². The smallest absolute Gasteiger partial charge is 0.275 e. The van der Waals surface area contributed by atoms with E-state index in [4.69, 9.17) is 0 Å². The molecule has 2 heterocycles. The van der Waals surface area contributed by atoms with Crippen molar-refractivity contribution in [1.82, 2.24) is 19.9 Å². The molecule has 150 valence electrons. The van der Waals surface area contributed by atoms with E-state index in [1.807, 2.05) is 68.4 Å². The van der Waals surface area contributed by atoms with Crippen LogP contribution < -0.4 is 16.0 Å². The van der Waals surface area contributed by atoms with Gasteiger partial charge in [-0.15, -0.1) is 0 Å². The normalized spacial score (nSPS) is 10.6. The number of carbonyl (C=O) groups is 1. The summed E-state index contributed by atoms with van der Waals surface area (Å²) >= 11 is 0. The van der Waals surface area contributed by atoms with E-state index < -0.39 is 0 Å². The lowest BCUT2D eigenvalue weighted by atomic mass is 10.2. The van der Waals surface area contributed by atoms with Crippen molar-refractivity contribution in [2.45, 2.75) is 13.8 Å². The largest absolute Gasteiger partial charge is 0.370 e. The van der Waals surface area contributed by atoms with Crippen LogP contribution in [0.1, 0.15) is 23.2 Å². The van der Waals surface area contributed by atoms with Crippen molar-refractivity contribution in [1.29, 1.82) is 0 Å². The highest BCUT2D eigenvalue weighted by atomic mass is 16.1. The maximum absolute atomic E-state index is 12.5. The fraction of sp³-hybridized carbons (Fsp3) is 0.136. The van der Waals surface area contributed by atoms with Crippen molar-refractivity contribution in [3.63, 3.8) is 0 Å². The number of para-hydroxylation sites is 2. The molecule has 8 nitrogen and oxygen atoms in total. The molecule has 1 amide bonds. The third-order valence-corrected chi connectivity index (χ3v) is 4.29. The van der Waals surface area contributed by atoms with Crippen LogP contribution in [0.2, 0.25) is 0 Å². The van der Waals surface area contributed by atoms with Crippen LogP contribution in [0.4, 0.5) is 23.0 Å². The molecule has 0 saturated carbocycles. The number of amides is 1. The predicted molar refractivity (Wildman–Crippen MR) is 118 cm³/mol. The first-order valence-corrected chi connectivity index (χ1v) is 9.60. The minimum Gasteiger partial charge on any atom is -0.370 e. The first-order valence-electron chi connectivity index (χ1n) is 9.60. The van der Waals surface area contributed by atoms with E-state index in [0.29, 0.717) is 22.8 Å². The molecule has 4 aromatic rings. The van der Waals surface area contributed by atoms with Gasteiger partial charge in [0.25, 0.3) is 5.91 Å². The number of aromatic nitrogens is 4. The van der Waals surface area contributed by atoms with Crippen LogP contribution in [-0.2, 0) is 0 Å². The molecule has 4 rings (SSSR count). The van der Waals surface area contributed by atoms with Gasteiger partial charge in [-0.2, -0.15) is 0 Å². The summed E-state index contributed by atoms with van der Waals surface area (Å²) in [7, 11) is 0. The summed E-state index contributed by atoms with van der Waals surface area (Å²) in [4.78, 5) is 29.9. The minimum atomic E-state index is -0.310. The second-order valence-electron chi connectivity index (χ2n) is 6.62. The lowest BCUT2D eigenvalue weighted by Gasteiger charge is -2.10. The lowest BCUT2D eigenvalue weighted by molar-refractivity contribution is 0.102. The van der Waals surface area contributed by atoms with Crippen molar-refractivity contribution in [2.24, 2.45) is 0 Å². The van der Waals surface area contributed by atoms with Crippen molar-refractivity contribution in [3.8, 4) is 0 Å². The Bertz CT molecular complexity index is 1190. The molecule has 2 aromatic carbocycles. The molecule has 0 aliphatic heterocycles. The standard InChI is InChI=1S/C22H21N7O/c1-3-23-20-12-21(26-14(2)25-20)27-15-8-10-16(11-9-15)28-22(30)19-13-24-17-6-4-5-7-18(17)29-19/h4-13H,3H2,1-2H3,(H,28,30)(H2,23,25,26,27). The number of rotatable bonds is 6. The number of nitrogens with one attached hydrogen (secondary N) is 3. The first-order chi connectivity index (χ1) is 14.6. The van der Waals surface area contributed by atoms with Crippen LogP contribution in [0.15, 0.2) is 60.8 Å². The molecule has 8 heteroatoms. The van der Waals surface area contributed by atoms with Crippen molar-refractivity contribution in [2.75, 3.05) is 22.5 Å². The number of nitrogens with zero attached hydrogens (tertiary/aromatic N) is 4. The van der Waals surface area contributed by atoms with E-state index >= 15 is 0 Å². The highest BCUT2D eigenvalue weighted by Gasteiger charge is 2.10. The van der Waals surface area contributed by atoms with Gasteiger partial charge in [0.2, 0.25) is 0 Å². The summed E-state index contributed by atoms with van der Waals surface area (Å²) in [5, 5.41) is 9.28. The van der Waals surface area contributed by atoms with Gasteiger partial charge < -0.3 is 16.0 Å². The molecule has 0 atom stereocenters. The molecule has 0 fully saturated rings. The zero-order valence-corrected chi connectivity index (χ0v) is 16.7. The summed E-state index contributed by atoms with van der Waals surface area (Å²) in [6, 6.07) is 16.7. The number of carbonyl (C=O) groups excluding carboxylic acids is 1. The van der Waals surface area contributed by atoms with Crippen LogP contribution >= 0.6 is 0 Å². The van der Waals surface area contributed by atoms with E-state index in [9.17, 15) is 4.79 Å². The third kappa shape index (κ3) is 4.49. The van der Waals surface area contributed by atoms with Crippen molar-refractivity contribution in [3.05, 3.63) is 72.3 Å². The Morgan fingerprint density at radius 2 is 1.60 bits per heavy atom. The van der Waals surface area contributed by atoms with E-state index in [2.05, 4.69) is 35.9 Å². The summed E-state index contributed by atoms with van der Waals surface area (Å²) in [6.07, 6.45) is 1.48. The van der Waals surface area contributed by atoms with E-state index in [1.54, 1.807) is 0 Å². The zero-order valence-electron chi connectivity index (χ0n) is 16.7. The van der Waals surface area contributed by atoms with Gasteiger partial charge in [0, 0.05) is 24.0 Å². The van der Waals surface area contributed by atoms with Gasteiger partial charge in [0.1, 0.15) is 23.2 Å². The Morgan fingerprint density at radius 1 is 0.900 bits per heavy atom. The van der Waals surface area contributed by atoms with Crippen LogP contribution in [0.3, 0.4) is 0 Å². The number of anilines is 4. The Morgan fingerprint density at radius 3 is 2.37 bits per heavy atom. The molecule has 0 bridgehead atoms. The maximum atomic E-state index is 12.5. The molecule has 0 aliphatic carbocycles. The summed E-state index contributed by atoms with van der Waals surface area (Å²) in [5.41, 5.74) is 3.21. The first kappa shape index (κ1) is 19.3. The fourth-order valence-corrected chi connectivity index (χ4v) is 2.95. The highest BCUT2D eigenvalue weighted by Crippen LogP contribution is 2.20. The topological polar surface area (TPSA) is 105 Å². The summed E-state index contributed by atoms with van der Waals surface area (Å²) in [5.74, 6) is 1.83. The zero-order chi connectivity index (χ0) is 20.9. The number of fused-ring (bicyclic) bond motifs is 1. The van der Waals surface area contributed by atoms with Gasteiger partial charge in [0.15, 0.2) is 0 Å². The average Bonchev–Trinajstić information content (AvgIpc) is 2.74. The molecule has 0 saturated heterocycles. The second kappa shape index (κ2) is 8.52. The number of benzene rings is 2. The van der Waals surface area contributed by atoms with Crippen LogP contribution in [0, 0.1) is 6.92 Å². The minimum absolute atomic E-state index is 0.267. The SMILES string of the molecule is CCNc1cc(Nc2ccc(NC(=O)c3cnc4ccccc4n3)cc2)nc(C)n1. The monoisotopic (exact) mass is 399 g/mol. The predicted octanol–water partition coefficient (Wildman–Crippen LogP) is 4.16. The van der Waals surface area contributed by atoms with Crippen molar-refractivity contribution < 1.29 is 4.79 Å². The van der Waals surface area contributed by atoms with Gasteiger partial charge in [-0.3, -0.25) is 9.78 Å². The van der Waals surface area contributed by atoms with Crippen LogP contribution in [0.5, 0.6) is 0 Å². The molecule has 0 spiro atoms. The van der Waals surface area contributed by atoms with Crippen LogP contribution in [-0.4, -0.2) is 32.4 Å². The molecule has 2 aromatic heterocycles. The molecule has 0 radical (unpaired) electrons.